The van der Waals surface area contributed by atoms with Gasteiger partial charge in [0.2, 0.25) is 5.91 Å². The number of aromatic nitrogens is 1. The maximum Gasteiger partial charge on any atom is 0.223 e. The van der Waals surface area contributed by atoms with Crippen molar-refractivity contribution < 1.29 is 9.59 Å². The lowest BCUT2D eigenvalue weighted by Crippen LogP contribution is -2.48. The summed E-state index contributed by atoms with van der Waals surface area (Å²) in [6.07, 6.45) is 4.10. The Morgan fingerprint density at radius 1 is 1.04 bits per heavy atom. The Morgan fingerprint density at radius 2 is 1.76 bits per heavy atom. The van der Waals surface area contributed by atoms with Crippen molar-refractivity contribution in [3.8, 4) is 0 Å². The molecule has 132 valence electrons. The van der Waals surface area contributed by atoms with Crippen LogP contribution in [0.15, 0.2) is 36.7 Å². The lowest BCUT2D eigenvalue weighted by molar-refractivity contribution is -0.132. The van der Waals surface area contributed by atoms with Gasteiger partial charge in [-0.25, -0.2) is 0 Å². The van der Waals surface area contributed by atoms with Crippen molar-refractivity contribution in [2.24, 2.45) is 0 Å². The average Bonchev–Trinajstić information content (AvgIpc) is 3.07. The SMILES string of the molecule is O=C(CCC(=O)N1CCN(Cc2ccncc2)CC1)c1ccc(Cl)s1. The first-order valence-corrected chi connectivity index (χ1v) is 9.49. The summed E-state index contributed by atoms with van der Waals surface area (Å²) < 4.78 is 0.597. The van der Waals surface area contributed by atoms with Gasteiger partial charge in [0.15, 0.2) is 5.78 Å². The first-order valence-electron chi connectivity index (χ1n) is 8.29. The second-order valence-electron chi connectivity index (χ2n) is 6.04. The molecule has 1 aliphatic heterocycles. The molecular formula is C18H20ClN3O2S. The lowest BCUT2D eigenvalue weighted by Gasteiger charge is -2.34. The van der Waals surface area contributed by atoms with Crippen molar-refractivity contribution in [1.29, 1.82) is 0 Å². The molecule has 25 heavy (non-hydrogen) atoms. The van der Waals surface area contributed by atoms with Crippen LogP contribution in [0, 0.1) is 0 Å². The standard InChI is InChI=1S/C18H20ClN3O2S/c19-17-3-2-16(25-17)15(23)1-4-18(24)22-11-9-21(10-12-22)13-14-5-7-20-8-6-14/h2-3,5-8H,1,4,9-13H2. The number of pyridine rings is 1. The quantitative estimate of drug-likeness (QED) is 0.726. The molecule has 7 heteroatoms. The first-order chi connectivity index (χ1) is 12.1. The maximum absolute atomic E-state index is 12.3. The number of carbonyl (C=O) groups excluding carboxylic acids is 2. The summed E-state index contributed by atoms with van der Waals surface area (Å²) in [6.45, 7) is 4.00. The topological polar surface area (TPSA) is 53.5 Å². The van der Waals surface area contributed by atoms with E-state index in [2.05, 4.69) is 9.88 Å². The van der Waals surface area contributed by atoms with Crippen LogP contribution in [-0.2, 0) is 11.3 Å². The zero-order chi connectivity index (χ0) is 17.6. The van der Waals surface area contributed by atoms with Crippen LogP contribution in [0.2, 0.25) is 4.34 Å². The van der Waals surface area contributed by atoms with E-state index in [1.165, 1.54) is 16.9 Å². The zero-order valence-electron chi connectivity index (χ0n) is 13.9. The van der Waals surface area contributed by atoms with E-state index in [1.807, 2.05) is 17.0 Å². The molecule has 0 aliphatic carbocycles. The molecule has 0 unspecified atom stereocenters. The summed E-state index contributed by atoms with van der Waals surface area (Å²) >= 11 is 7.11. The van der Waals surface area contributed by atoms with E-state index in [0.717, 1.165) is 19.6 Å². The van der Waals surface area contributed by atoms with E-state index in [1.54, 1.807) is 24.5 Å². The number of halogens is 1. The summed E-state index contributed by atoms with van der Waals surface area (Å²) in [6, 6.07) is 7.46. The molecule has 0 atom stereocenters. The summed E-state index contributed by atoms with van der Waals surface area (Å²) in [5, 5.41) is 0. The predicted molar refractivity (Wildman–Crippen MR) is 99.0 cm³/mol. The minimum atomic E-state index is -0.0124. The van der Waals surface area contributed by atoms with Gasteiger partial charge in [0.05, 0.1) is 9.21 Å². The highest BCUT2D eigenvalue weighted by molar-refractivity contribution is 7.18. The van der Waals surface area contributed by atoms with E-state index in [-0.39, 0.29) is 24.5 Å². The number of hydrogen-bond acceptors (Lipinski definition) is 5. The van der Waals surface area contributed by atoms with Crippen molar-refractivity contribution in [2.45, 2.75) is 19.4 Å². The van der Waals surface area contributed by atoms with E-state index < -0.39 is 0 Å². The molecule has 1 amide bonds. The molecule has 0 saturated carbocycles. The van der Waals surface area contributed by atoms with E-state index in [4.69, 9.17) is 11.6 Å². The van der Waals surface area contributed by atoms with Gasteiger partial charge < -0.3 is 4.90 Å². The first kappa shape index (κ1) is 18.0. The Bertz CT molecular complexity index is 727. The lowest BCUT2D eigenvalue weighted by atomic mass is 10.1. The van der Waals surface area contributed by atoms with Crippen LogP contribution in [0.1, 0.15) is 28.1 Å². The van der Waals surface area contributed by atoms with Crippen LogP contribution in [0.5, 0.6) is 0 Å². The number of piperazine rings is 1. The van der Waals surface area contributed by atoms with E-state index >= 15 is 0 Å². The number of carbonyl (C=O) groups is 2. The molecule has 3 rings (SSSR count). The highest BCUT2D eigenvalue weighted by Crippen LogP contribution is 2.23. The van der Waals surface area contributed by atoms with Crippen LogP contribution < -0.4 is 0 Å². The van der Waals surface area contributed by atoms with Crippen LogP contribution in [-0.4, -0.2) is 52.7 Å². The van der Waals surface area contributed by atoms with Crippen LogP contribution in [0.25, 0.3) is 0 Å². The maximum atomic E-state index is 12.3. The number of Topliss-reactive ketones (excluding diaryl/α,β-unsaturated/α-hetero) is 1. The third-order valence-corrected chi connectivity index (χ3v) is 5.57. The zero-order valence-corrected chi connectivity index (χ0v) is 15.4. The van der Waals surface area contributed by atoms with Crippen molar-refractivity contribution in [3.05, 3.63) is 51.4 Å². The Morgan fingerprint density at radius 3 is 2.40 bits per heavy atom. The Kier molecular flexibility index (Phi) is 6.18. The number of hydrogen-bond donors (Lipinski definition) is 0. The molecule has 1 saturated heterocycles. The van der Waals surface area contributed by atoms with Gasteiger partial charge in [-0.3, -0.25) is 19.5 Å². The fraction of sp³-hybridized carbons (Fsp3) is 0.389. The third-order valence-electron chi connectivity index (χ3n) is 4.29. The Hall–Kier alpha value is -1.76. The minimum absolute atomic E-state index is 0.0124. The van der Waals surface area contributed by atoms with Gasteiger partial charge in [-0.2, -0.15) is 0 Å². The predicted octanol–water partition coefficient (Wildman–Crippen LogP) is 3.10. The molecule has 0 radical (unpaired) electrons. The van der Waals surface area contributed by atoms with Crippen molar-refractivity contribution in [2.75, 3.05) is 26.2 Å². The molecular weight excluding hydrogens is 358 g/mol. The smallest absolute Gasteiger partial charge is 0.223 e. The van der Waals surface area contributed by atoms with Crippen LogP contribution in [0.4, 0.5) is 0 Å². The Balaban J connectivity index is 1.41. The molecule has 0 aromatic carbocycles. The van der Waals surface area contributed by atoms with E-state index in [9.17, 15) is 9.59 Å². The highest BCUT2D eigenvalue weighted by Gasteiger charge is 2.22. The second-order valence-corrected chi connectivity index (χ2v) is 7.75. The van der Waals surface area contributed by atoms with Crippen molar-refractivity contribution in [3.63, 3.8) is 0 Å². The number of rotatable bonds is 6. The van der Waals surface area contributed by atoms with Crippen molar-refractivity contribution >= 4 is 34.6 Å². The average molecular weight is 378 g/mol. The second kappa shape index (κ2) is 8.56. The molecule has 2 aromatic heterocycles. The van der Waals surface area contributed by atoms with Gasteiger partial charge >= 0.3 is 0 Å². The largest absolute Gasteiger partial charge is 0.340 e. The molecule has 0 bridgehead atoms. The highest BCUT2D eigenvalue weighted by atomic mass is 35.5. The van der Waals surface area contributed by atoms with Crippen LogP contribution >= 0.6 is 22.9 Å². The number of nitrogens with zero attached hydrogens (tertiary/aromatic N) is 3. The van der Waals surface area contributed by atoms with Gasteiger partial charge in [0.25, 0.3) is 0 Å². The summed E-state index contributed by atoms with van der Waals surface area (Å²) in [5.41, 5.74) is 1.23. The molecule has 0 spiro atoms. The van der Waals surface area contributed by atoms with Crippen LogP contribution in [0.3, 0.4) is 0 Å². The summed E-state index contributed by atoms with van der Waals surface area (Å²) in [4.78, 5) is 33.2. The van der Waals surface area contributed by atoms with Gasteiger partial charge in [-0.15, -0.1) is 11.3 Å². The molecule has 5 nitrogen and oxygen atoms in total. The third kappa shape index (κ3) is 5.11. The van der Waals surface area contributed by atoms with Crippen molar-refractivity contribution in [1.82, 2.24) is 14.8 Å². The van der Waals surface area contributed by atoms with Gasteiger partial charge in [0.1, 0.15) is 0 Å². The number of thiophene rings is 1. The summed E-state index contributed by atoms with van der Waals surface area (Å²) in [7, 11) is 0. The minimum Gasteiger partial charge on any atom is -0.340 e. The van der Waals surface area contributed by atoms with Gasteiger partial charge in [-0.05, 0) is 29.8 Å². The monoisotopic (exact) mass is 377 g/mol. The molecule has 2 aromatic rings. The normalized spacial score (nSPS) is 15.3. The number of amides is 1. The molecule has 1 aliphatic rings. The van der Waals surface area contributed by atoms with Gasteiger partial charge in [0, 0.05) is 58.0 Å². The number of ketones is 1. The van der Waals surface area contributed by atoms with Gasteiger partial charge in [-0.1, -0.05) is 11.6 Å². The van der Waals surface area contributed by atoms with E-state index in [0.29, 0.717) is 22.3 Å². The molecule has 1 fully saturated rings. The fourth-order valence-corrected chi connectivity index (χ4v) is 3.88. The molecule has 0 N–H and O–H groups in total. The molecule has 3 heterocycles. The summed E-state index contributed by atoms with van der Waals surface area (Å²) in [5.74, 6) is 0.0427. The fourth-order valence-electron chi connectivity index (χ4n) is 2.87. The Labute approximate surface area is 156 Å².